The minimum atomic E-state index is -0.705. The molecule has 2 fully saturated rings. The molecule has 2 aliphatic carbocycles. The van der Waals surface area contributed by atoms with Gasteiger partial charge >= 0.3 is 11.9 Å². The second kappa shape index (κ2) is 24.3. The molecule has 0 saturated heterocycles. The van der Waals surface area contributed by atoms with Crippen molar-refractivity contribution in [3.63, 3.8) is 0 Å². The molecule has 10 rings (SSSR count). The summed E-state index contributed by atoms with van der Waals surface area (Å²) in [5, 5.41) is 22.4. The molecule has 0 bridgehead atoms. The Morgan fingerprint density at radius 1 is 0.590 bits per heavy atom. The molecule has 394 valence electrons. The number of nitrogens with zero attached hydrogens (tertiary/aromatic N) is 3. The van der Waals surface area contributed by atoms with Crippen molar-refractivity contribution in [1.82, 2.24) is 10.3 Å². The average Bonchev–Trinajstić information content (AvgIpc) is 4.43. The molecule has 2 N–H and O–H groups in total. The smallest absolute Gasteiger partial charge is 0.338 e. The van der Waals surface area contributed by atoms with Crippen LogP contribution in [0.3, 0.4) is 0 Å². The molecule has 0 atom stereocenters. The zero-order valence-corrected chi connectivity index (χ0v) is 45.6. The number of methoxy groups -OCH3 is 2. The van der Waals surface area contributed by atoms with E-state index < -0.39 is 16.9 Å². The zero-order chi connectivity index (χ0) is 55.2. The van der Waals surface area contributed by atoms with E-state index >= 15 is 0 Å². The summed E-state index contributed by atoms with van der Waals surface area (Å²) in [5.74, 6) is 13.7. The molecule has 0 radical (unpaired) electrons. The van der Waals surface area contributed by atoms with Gasteiger partial charge in [0.05, 0.1) is 71.5 Å². The van der Waals surface area contributed by atoms with Crippen molar-refractivity contribution < 1.29 is 42.5 Å². The van der Waals surface area contributed by atoms with Crippen LogP contribution in [0.25, 0.3) is 22.5 Å². The van der Waals surface area contributed by atoms with Crippen LogP contribution in [0.1, 0.15) is 103 Å². The lowest BCUT2D eigenvalue weighted by atomic mass is 10.0. The minimum absolute atomic E-state index is 0.0209. The molecular weight excluding hydrogens is 1130 g/mol. The highest BCUT2D eigenvalue weighted by atomic mass is 35.5. The van der Waals surface area contributed by atoms with Crippen LogP contribution < -0.4 is 15.2 Å². The van der Waals surface area contributed by atoms with E-state index in [-0.39, 0.29) is 35.9 Å². The number of hydrogen-bond acceptors (Lipinski definition) is 13. The predicted molar refractivity (Wildman–Crippen MR) is 298 cm³/mol. The lowest BCUT2D eigenvalue weighted by molar-refractivity contribution is -0.384. The fourth-order valence-electron chi connectivity index (χ4n) is 8.04. The summed E-state index contributed by atoms with van der Waals surface area (Å²) in [5.41, 5.74) is 12.1. The lowest BCUT2D eigenvalue weighted by Gasteiger charge is -2.10. The van der Waals surface area contributed by atoms with Crippen molar-refractivity contribution in [2.75, 3.05) is 20.0 Å². The normalized spacial score (nSPS) is 12.5. The first-order chi connectivity index (χ1) is 37.6. The number of esters is 2. The van der Waals surface area contributed by atoms with Gasteiger partial charge in [0.15, 0.2) is 0 Å². The van der Waals surface area contributed by atoms with Crippen LogP contribution in [0.2, 0.25) is 30.1 Å². The Labute approximate surface area is 476 Å². The van der Waals surface area contributed by atoms with E-state index in [9.17, 15) is 19.7 Å². The Balaban J connectivity index is 0.000000190. The number of carbonyl (C=O) groups is 2. The molecular formula is C58H40Cl6N4O10. The summed E-state index contributed by atoms with van der Waals surface area (Å²) >= 11 is 38.7. The number of rotatable bonds is 13. The largest absolute Gasteiger partial charge is 0.489 e. The van der Waals surface area contributed by atoms with Crippen molar-refractivity contribution in [2.45, 2.75) is 50.7 Å². The van der Waals surface area contributed by atoms with Crippen LogP contribution in [-0.2, 0) is 22.7 Å². The summed E-state index contributed by atoms with van der Waals surface area (Å²) in [6, 6.07) is 29.4. The number of nitro benzene ring substituents is 1. The second-order valence-electron chi connectivity index (χ2n) is 17.7. The maximum Gasteiger partial charge on any atom is 0.338 e. The molecule has 0 spiro atoms. The number of carbonyl (C=O) groups excluding carboxylic acids is 2. The van der Waals surface area contributed by atoms with E-state index in [1.165, 1.54) is 32.4 Å². The summed E-state index contributed by atoms with van der Waals surface area (Å²) in [6.07, 6.45) is 4.07. The van der Waals surface area contributed by atoms with Gasteiger partial charge in [-0.15, -0.1) is 0 Å². The SMILES string of the molecule is COC(=O)c1cc(C#Cc2ccc(OCc3c(-c4c(Cl)cccc4Cl)noc3C3CC3)cc2Cl)cc([N+](=O)[O-])c1.COC(=O)c1cc(N)cc(C#Cc2ccc(OCc3c(-c4c(Cl)cccc4Cl)noc3C3CC3)cc2Cl)c1. The molecule has 2 aromatic heterocycles. The summed E-state index contributed by atoms with van der Waals surface area (Å²) in [4.78, 5) is 34.4. The number of benzene rings is 6. The van der Waals surface area contributed by atoms with Gasteiger partial charge in [0.1, 0.15) is 47.6 Å². The molecule has 2 aliphatic rings. The van der Waals surface area contributed by atoms with Gasteiger partial charge in [0.25, 0.3) is 5.69 Å². The topological polar surface area (TPSA) is 192 Å². The first-order valence-corrected chi connectivity index (χ1v) is 26.0. The van der Waals surface area contributed by atoms with Crippen LogP contribution in [0.15, 0.2) is 118 Å². The van der Waals surface area contributed by atoms with Crippen LogP contribution >= 0.6 is 69.6 Å². The number of anilines is 1. The molecule has 78 heavy (non-hydrogen) atoms. The molecule has 0 aliphatic heterocycles. The monoisotopic (exact) mass is 1160 g/mol. The average molecular weight is 1170 g/mol. The third-order valence-corrected chi connectivity index (χ3v) is 14.1. The molecule has 0 unspecified atom stereocenters. The van der Waals surface area contributed by atoms with E-state index in [1.54, 1.807) is 84.9 Å². The van der Waals surface area contributed by atoms with Crippen molar-refractivity contribution >= 4 is 92.9 Å². The van der Waals surface area contributed by atoms with Crippen molar-refractivity contribution in [3.05, 3.63) is 205 Å². The molecule has 2 heterocycles. The van der Waals surface area contributed by atoms with Gasteiger partial charge in [-0.25, -0.2) is 9.59 Å². The van der Waals surface area contributed by atoms with E-state index in [4.69, 9.17) is 98.6 Å². The van der Waals surface area contributed by atoms with Gasteiger partial charge in [0, 0.05) is 75.2 Å². The second-order valence-corrected chi connectivity index (χ2v) is 20.1. The summed E-state index contributed by atoms with van der Waals surface area (Å²) in [6.45, 7) is 0.352. The predicted octanol–water partition coefficient (Wildman–Crippen LogP) is 15.4. The van der Waals surface area contributed by atoms with Crippen LogP contribution in [0.5, 0.6) is 11.5 Å². The Morgan fingerprint density at radius 3 is 1.41 bits per heavy atom. The fourth-order valence-corrected chi connectivity index (χ4v) is 9.63. The maximum absolute atomic E-state index is 11.9. The van der Waals surface area contributed by atoms with Crippen molar-refractivity contribution in [2.24, 2.45) is 0 Å². The van der Waals surface area contributed by atoms with E-state index in [2.05, 4.69) is 38.7 Å². The quantitative estimate of drug-likeness (QED) is 0.0377. The van der Waals surface area contributed by atoms with E-state index in [0.29, 0.717) is 98.0 Å². The van der Waals surface area contributed by atoms with Gasteiger partial charge in [-0.2, -0.15) is 0 Å². The Morgan fingerprint density at radius 2 is 1.01 bits per heavy atom. The number of nitrogen functional groups attached to an aromatic ring is 1. The number of hydrogen-bond donors (Lipinski definition) is 1. The number of nitro groups is 1. The Hall–Kier alpha value is -7.66. The maximum atomic E-state index is 11.9. The van der Waals surface area contributed by atoms with Crippen molar-refractivity contribution in [3.8, 4) is 57.7 Å². The van der Waals surface area contributed by atoms with Crippen LogP contribution in [0.4, 0.5) is 11.4 Å². The number of aromatic nitrogens is 2. The molecule has 0 amide bonds. The highest BCUT2D eigenvalue weighted by Crippen LogP contribution is 2.48. The van der Waals surface area contributed by atoms with Gasteiger partial charge < -0.3 is 33.7 Å². The molecule has 8 aromatic rings. The third kappa shape index (κ3) is 13.0. The highest BCUT2D eigenvalue weighted by Gasteiger charge is 2.35. The number of nitrogens with two attached hydrogens (primary N) is 1. The van der Waals surface area contributed by atoms with Crippen LogP contribution in [0, 0.1) is 33.8 Å². The zero-order valence-electron chi connectivity index (χ0n) is 41.1. The minimum Gasteiger partial charge on any atom is -0.489 e. The summed E-state index contributed by atoms with van der Waals surface area (Å²) < 4.78 is 33.0. The molecule has 2 saturated carbocycles. The molecule has 14 nitrogen and oxygen atoms in total. The van der Waals surface area contributed by atoms with Gasteiger partial charge in [-0.3, -0.25) is 10.1 Å². The third-order valence-electron chi connectivity index (χ3n) is 12.2. The standard InChI is InChI=1S/C29H19Cl3N2O6.C29H21Cl3N2O4/c1-38-29(35)19-11-16(12-20(13-19)34(36)37)5-6-17-9-10-21(14-25(17)32)39-15-22-27(33-40-28(22)18-7-8-18)26-23(30)3-2-4-24(26)31;1-36-29(35)19-11-16(12-20(33)13-19)5-6-17-9-10-21(14-25(17)32)37-15-22-27(34-38-28(22)18-7-8-18)26-23(30)3-2-4-24(26)31/h2-4,9-14,18H,7-8,15H2,1H3;2-4,9-14,18H,7-8,15,33H2,1H3. The fraction of sp³-hybridized carbons (Fsp3) is 0.172. The van der Waals surface area contributed by atoms with Gasteiger partial charge in [-0.05, 0) is 98.5 Å². The van der Waals surface area contributed by atoms with Gasteiger partial charge in [0.2, 0.25) is 0 Å². The molecule has 6 aromatic carbocycles. The highest BCUT2D eigenvalue weighted by molar-refractivity contribution is 6.40. The number of halogens is 6. The first-order valence-electron chi connectivity index (χ1n) is 23.7. The lowest BCUT2D eigenvalue weighted by Crippen LogP contribution is -2.03. The molecule has 20 heteroatoms. The first kappa shape index (κ1) is 55.1. The van der Waals surface area contributed by atoms with E-state index in [1.807, 2.05) is 0 Å². The Kier molecular flexibility index (Phi) is 17.2. The summed E-state index contributed by atoms with van der Waals surface area (Å²) in [7, 11) is 2.50. The number of non-ortho nitro benzene ring substituents is 1. The van der Waals surface area contributed by atoms with Crippen LogP contribution in [-0.4, -0.2) is 41.4 Å². The van der Waals surface area contributed by atoms with Crippen molar-refractivity contribution in [1.29, 1.82) is 0 Å². The van der Waals surface area contributed by atoms with E-state index in [0.717, 1.165) is 54.4 Å². The van der Waals surface area contributed by atoms with Gasteiger partial charge in [-0.1, -0.05) is 116 Å². The Bertz CT molecular complexity index is 3750. The number of ether oxygens (including phenoxy) is 4.